The lowest BCUT2D eigenvalue weighted by Gasteiger charge is -2.19. The van der Waals surface area contributed by atoms with Crippen LogP contribution in [-0.4, -0.2) is 22.0 Å². The first kappa shape index (κ1) is 17.3. The Labute approximate surface area is 166 Å². The Morgan fingerprint density at radius 2 is 1.76 bits per heavy atom. The van der Waals surface area contributed by atoms with Crippen LogP contribution in [-0.2, 0) is 15.1 Å². The van der Waals surface area contributed by atoms with Gasteiger partial charge < -0.3 is 9.84 Å². The smallest absolute Gasteiger partial charge is 0.344 e. The summed E-state index contributed by atoms with van der Waals surface area (Å²) in [5.41, 5.74) is 1.98. The van der Waals surface area contributed by atoms with Crippen molar-refractivity contribution in [1.82, 2.24) is 4.98 Å². The quantitative estimate of drug-likeness (QED) is 0.683. The van der Waals surface area contributed by atoms with Gasteiger partial charge in [0.25, 0.3) is 5.91 Å². The van der Waals surface area contributed by atoms with Crippen molar-refractivity contribution < 1.29 is 19.4 Å². The van der Waals surface area contributed by atoms with Gasteiger partial charge in [0.05, 0.1) is 23.1 Å². The Hall–Kier alpha value is -3.77. The number of hydrogen-bond acceptors (Lipinski definition) is 5. The average molecular weight is 384 g/mol. The molecule has 1 unspecified atom stereocenters. The monoisotopic (exact) mass is 384 g/mol. The largest absolute Gasteiger partial charge is 0.422 e. The molecule has 6 heteroatoms. The maximum absolute atomic E-state index is 12.9. The molecule has 1 N–H and O–H groups in total. The second kappa shape index (κ2) is 6.12. The molecule has 0 fully saturated rings. The SMILES string of the molecule is CC1(O)C(=O)N(c2cncc(C=C3OC(=O)c4ccccc43)c2)c2ccccc21. The van der Waals surface area contributed by atoms with E-state index in [4.69, 9.17) is 4.74 Å². The summed E-state index contributed by atoms with van der Waals surface area (Å²) in [5.74, 6) is -0.400. The molecular weight excluding hydrogens is 368 g/mol. The van der Waals surface area contributed by atoms with Gasteiger partial charge in [-0.3, -0.25) is 14.7 Å². The number of carbonyl (C=O) groups is 2. The zero-order valence-electron chi connectivity index (χ0n) is 15.5. The third kappa shape index (κ3) is 2.57. The first-order chi connectivity index (χ1) is 14.0. The van der Waals surface area contributed by atoms with Crippen LogP contribution in [0.1, 0.15) is 34.0 Å². The number of cyclic esters (lactones) is 1. The summed E-state index contributed by atoms with van der Waals surface area (Å²) in [6.45, 7) is 1.49. The maximum Gasteiger partial charge on any atom is 0.344 e. The summed E-state index contributed by atoms with van der Waals surface area (Å²) in [6.07, 6.45) is 4.90. The third-order valence-corrected chi connectivity index (χ3v) is 5.20. The molecule has 1 aromatic heterocycles. The molecule has 2 aromatic carbocycles. The van der Waals surface area contributed by atoms with Crippen molar-refractivity contribution in [3.8, 4) is 0 Å². The number of amides is 1. The lowest BCUT2D eigenvalue weighted by Crippen LogP contribution is -2.35. The molecule has 29 heavy (non-hydrogen) atoms. The summed E-state index contributed by atoms with van der Waals surface area (Å²) >= 11 is 0. The molecular formula is C23H16N2O4. The second-order valence-electron chi connectivity index (χ2n) is 7.15. The zero-order valence-corrected chi connectivity index (χ0v) is 15.5. The fourth-order valence-electron chi connectivity index (χ4n) is 3.77. The number of aromatic nitrogens is 1. The second-order valence-corrected chi connectivity index (χ2v) is 7.15. The van der Waals surface area contributed by atoms with Gasteiger partial charge in [-0.1, -0.05) is 36.4 Å². The molecule has 3 heterocycles. The molecule has 2 aliphatic heterocycles. The minimum atomic E-state index is -1.61. The number of aliphatic hydroxyl groups is 1. The molecule has 0 radical (unpaired) electrons. The average Bonchev–Trinajstić information content (AvgIpc) is 3.14. The topological polar surface area (TPSA) is 79.7 Å². The van der Waals surface area contributed by atoms with Crippen LogP contribution in [0.5, 0.6) is 0 Å². The van der Waals surface area contributed by atoms with E-state index in [0.717, 1.165) is 0 Å². The van der Waals surface area contributed by atoms with Crippen LogP contribution in [0, 0.1) is 0 Å². The molecule has 5 rings (SSSR count). The Morgan fingerprint density at radius 1 is 1.03 bits per heavy atom. The van der Waals surface area contributed by atoms with Crippen LogP contribution in [0.3, 0.4) is 0 Å². The number of para-hydroxylation sites is 1. The van der Waals surface area contributed by atoms with E-state index < -0.39 is 17.5 Å². The molecule has 6 nitrogen and oxygen atoms in total. The minimum Gasteiger partial charge on any atom is -0.422 e. The van der Waals surface area contributed by atoms with E-state index in [1.165, 1.54) is 11.8 Å². The number of carbonyl (C=O) groups excluding carboxylic acids is 2. The predicted molar refractivity (Wildman–Crippen MR) is 107 cm³/mol. The Bertz CT molecular complexity index is 1210. The van der Waals surface area contributed by atoms with Gasteiger partial charge in [0.1, 0.15) is 5.76 Å². The fourth-order valence-corrected chi connectivity index (χ4v) is 3.77. The fraction of sp³-hybridized carbons (Fsp3) is 0.0870. The van der Waals surface area contributed by atoms with E-state index in [9.17, 15) is 14.7 Å². The van der Waals surface area contributed by atoms with Gasteiger partial charge in [0, 0.05) is 17.3 Å². The summed E-state index contributed by atoms with van der Waals surface area (Å²) in [5, 5.41) is 10.7. The number of pyridine rings is 1. The van der Waals surface area contributed by atoms with Gasteiger partial charge in [0.2, 0.25) is 0 Å². The molecule has 0 saturated heterocycles. The van der Waals surface area contributed by atoms with Crippen molar-refractivity contribution >= 4 is 35.1 Å². The van der Waals surface area contributed by atoms with Gasteiger partial charge in [-0.2, -0.15) is 0 Å². The number of ether oxygens (including phenoxy) is 1. The third-order valence-electron chi connectivity index (χ3n) is 5.20. The zero-order chi connectivity index (χ0) is 20.2. The van der Waals surface area contributed by atoms with Gasteiger partial charge >= 0.3 is 5.97 Å². The summed E-state index contributed by atoms with van der Waals surface area (Å²) < 4.78 is 5.39. The first-order valence-electron chi connectivity index (χ1n) is 9.11. The molecule has 0 saturated carbocycles. The number of hydrogen-bond donors (Lipinski definition) is 1. The van der Waals surface area contributed by atoms with Crippen LogP contribution in [0.25, 0.3) is 11.8 Å². The Morgan fingerprint density at radius 3 is 2.59 bits per heavy atom. The highest BCUT2D eigenvalue weighted by molar-refractivity contribution is 6.12. The van der Waals surface area contributed by atoms with E-state index in [0.29, 0.717) is 39.4 Å². The van der Waals surface area contributed by atoms with Crippen LogP contribution < -0.4 is 4.90 Å². The van der Waals surface area contributed by atoms with E-state index in [1.54, 1.807) is 54.9 Å². The molecule has 142 valence electrons. The highest BCUT2D eigenvalue weighted by Crippen LogP contribution is 2.44. The van der Waals surface area contributed by atoms with E-state index in [-0.39, 0.29) is 0 Å². The lowest BCUT2D eigenvalue weighted by atomic mass is 9.98. The minimum absolute atomic E-state index is 0.393. The molecule has 1 atom stereocenters. The summed E-state index contributed by atoms with van der Waals surface area (Å²) in [7, 11) is 0. The van der Waals surface area contributed by atoms with Crippen LogP contribution in [0.2, 0.25) is 0 Å². The van der Waals surface area contributed by atoms with Crippen molar-refractivity contribution in [2.45, 2.75) is 12.5 Å². The van der Waals surface area contributed by atoms with Crippen molar-refractivity contribution in [3.63, 3.8) is 0 Å². The molecule has 2 aliphatic rings. The highest BCUT2D eigenvalue weighted by atomic mass is 16.5. The van der Waals surface area contributed by atoms with Crippen molar-refractivity contribution in [2.75, 3.05) is 4.90 Å². The van der Waals surface area contributed by atoms with E-state index in [1.807, 2.05) is 18.2 Å². The van der Waals surface area contributed by atoms with Crippen LogP contribution in [0.4, 0.5) is 11.4 Å². The highest BCUT2D eigenvalue weighted by Gasteiger charge is 2.46. The van der Waals surface area contributed by atoms with Crippen molar-refractivity contribution in [3.05, 3.63) is 89.2 Å². The van der Waals surface area contributed by atoms with Gasteiger partial charge in [-0.25, -0.2) is 4.79 Å². The molecule has 0 spiro atoms. The number of benzene rings is 2. The number of nitrogens with zero attached hydrogens (tertiary/aromatic N) is 2. The number of anilines is 2. The molecule has 1 amide bonds. The molecule has 0 aliphatic carbocycles. The van der Waals surface area contributed by atoms with Crippen LogP contribution >= 0.6 is 0 Å². The normalized spacial score (nSPS) is 21.3. The van der Waals surface area contributed by atoms with Gasteiger partial charge in [-0.05, 0) is 36.8 Å². The molecule has 0 bridgehead atoms. The van der Waals surface area contributed by atoms with E-state index >= 15 is 0 Å². The van der Waals surface area contributed by atoms with Gasteiger partial charge in [-0.15, -0.1) is 0 Å². The molecule has 3 aromatic rings. The number of fused-ring (bicyclic) bond motifs is 2. The number of rotatable bonds is 2. The van der Waals surface area contributed by atoms with Crippen molar-refractivity contribution in [2.24, 2.45) is 0 Å². The Kier molecular flexibility index (Phi) is 3.66. The predicted octanol–water partition coefficient (Wildman–Crippen LogP) is 3.64. The lowest BCUT2D eigenvalue weighted by molar-refractivity contribution is -0.133. The van der Waals surface area contributed by atoms with Gasteiger partial charge in [0.15, 0.2) is 5.60 Å². The summed E-state index contributed by atoms with van der Waals surface area (Å²) in [4.78, 5) is 30.6. The Balaban J connectivity index is 1.57. The number of esters is 1. The summed E-state index contributed by atoms with van der Waals surface area (Å²) in [6, 6.07) is 16.1. The van der Waals surface area contributed by atoms with Crippen molar-refractivity contribution in [1.29, 1.82) is 0 Å². The first-order valence-corrected chi connectivity index (χ1v) is 9.11. The maximum atomic E-state index is 12.9. The van der Waals surface area contributed by atoms with Crippen LogP contribution in [0.15, 0.2) is 67.0 Å². The van der Waals surface area contributed by atoms with E-state index in [2.05, 4.69) is 4.98 Å². The standard InChI is InChI=1S/C23H16N2O4/c1-23(28)18-8-4-5-9-19(18)25(22(23)27)15-10-14(12-24-13-15)11-20-16-6-2-3-7-17(16)21(26)29-20/h2-13,28H,1H3.